The van der Waals surface area contributed by atoms with Crippen molar-refractivity contribution in [1.29, 1.82) is 0 Å². The number of likely N-dealkylation sites (tertiary alicyclic amines) is 2. The summed E-state index contributed by atoms with van der Waals surface area (Å²) in [6.07, 6.45) is 4.73. The van der Waals surface area contributed by atoms with Crippen LogP contribution in [0.1, 0.15) is 44.0 Å². The number of fused-ring (bicyclic) bond motifs is 1. The Morgan fingerprint density at radius 3 is 2.48 bits per heavy atom. The van der Waals surface area contributed by atoms with E-state index >= 15 is 0 Å². The van der Waals surface area contributed by atoms with Gasteiger partial charge >= 0.3 is 6.09 Å². The van der Waals surface area contributed by atoms with E-state index in [1.165, 1.54) is 4.80 Å². The molecule has 3 heterocycles. The predicted octanol–water partition coefficient (Wildman–Crippen LogP) is 2.74. The fourth-order valence-corrected chi connectivity index (χ4v) is 4.21. The van der Waals surface area contributed by atoms with Gasteiger partial charge in [-0.25, -0.2) is 4.79 Å². The first-order valence-electron chi connectivity index (χ1n) is 10.1. The minimum absolute atomic E-state index is 0.00228. The van der Waals surface area contributed by atoms with Crippen LogP contribution in [-0.4, -0.2) is 68.1 Å². The molecule has 2 unspecified atom stereocenters. The van der Waals surface area contributed by atoms with E-state index in [1.54, 1.807) is 23.4 Å². The van der Waals surface area contributed by atoms with Gasteiger partial charge in [0.2, 0.25) is 0 Å². The van der Waals surface area contributed by atoms with Crippen molar-refractivity contribution in [3.63, 3.8) is 0 Å². The lowest BCUT2D eigenvalue weighted by molar-refractivity contribution is 0.0122. The topological polar surface area (TPSA) is 80.6 Å². The number of para-hydroxylation sites is 1. The number of nitrogens with zero attached hydrogens (tertiary/aromatic N) is 5. The lowest BCUT2D eigenvalue weighted by Gasteiger charge is -2.38. The molecule has 2 fully saturated rings. The minimum Gasteiger partial charge on any atom is -0.444 e. The quantitative estimate of drug-likeness (QED) is 0.778. The third kappa shape index (κ3) is 3.97. The lowest BCUT2D eigenvalue weighted by atomic mass is 9.91. The third-order valence-electron chi connectivity index (χ3n) is 5.55. The molecule has 2 atom stereocenters. The first-order chi connectivity index (χ1) is 13.8. The Kier molecular flexibility index (Phi) is 5.02. The molecule has 1 aromatic heterocycles. The molecule has 0 bridgehead atoms. The van der Waals surface area contributed by atoms with Crippen molar-refractivity contribution in [3.05, 3.63) is 42.2 Å². The summed E-state index contributed by atoms with van der Waals surface area (Å²) < 4.78 is 5.58. The second-order valence-electron chi connectivity index (χ2n) is 8.67. The van der Waals surface area contributed by atoms with E-state index in [4.69, 9.17) is 4.74 Å². The Bertz CT molecular complexity index is 890. The van der Waals surface area contributed by atoms with Crippen LogP contribution in [-0.2, 0) is 4.74 Å². The number of carbonyl (C=O) groups excluding carboxylic acids is 2. The van der Waals surface area contributed by atoms with Crippen LogP contribution in [0.5, 0.6) is 0 Å². The summed E-state index contributed by atoms with van der Waals surface area (Å²) in [4.78, 5) is 31.1. The zero-order valence-corrected chi connectivity index (χ0v) is 17.1. The van der Waals surface area contributed by atoms with Gasteiger partial charge in [-0.1, -0.05) is 12.1 Å². The van der Waals surface area contributed by atoms with E-state index < -0.39 is 5.60 Å². The summed E-state index contributed by atoms with van der Waals surface area (Å²) in [5, 5.41) is 8.33. The van der Waals surface area contributed by atoms with E-state index in [9.17, 15) is 9.59 Å². The molecule has 154 valence electrons. The molecule has 8 nitrogen and oxygen atoms in total. The Labute approximate surface area is 170 Å². The van der Waals surface area contributed by atoms with Crippen LogP contribution in [0.3, 0.4) is 0 Å². The average Bonchev–Trinajstić information content (AvgIpc) is 3.35. The molecule has 2 aliphatic rings. The number of ether oxygens (including phenoxy) is 1. The Hall–Kier alpha value is -2.90. The first kappa shape index (κ1) is 19.4. The standard InChI is InChI=1S/C21H27N5O3/c1-21(2,3)29-20(28)25-13-9-15-8-12-24(14-18(15)25)19(27)16-6-4-5-7-17(16)26-22-10-11-23-26/h4-7,10-11,15,18H,8-9,12-14H2,1-3H3. The van der Waals surface area contributed by atoms with E-state index in [0.717, 1.165) is 12.8 Å². The monoisotopic (exact) mass is 397 g/mol. The van der Waals surface area contributed by atoms with Gasteiger partial charge in [-0.2, -0.15) is 15.0 Å². The maximum atomic E-state index is 13.3. The van der Waals surface area contributed by atoms with Crippen molar-refractivity contribution in [1.82, 2.24) is 24.8 Å². The number of carbonyl (C=O) groups is 2. The van der Waals surface area contributed by atoms with Gasteiger partial charge in [-0.3, -0.25) is 4.79 Å². The average molecular weight is 397 g/mol. The van der Waals surface area contributed by atoms with Crippen molar-refractivity contribution in [2.24, 2.45) is 5.92 Å². The molecule has 0 aliphatic carbocycles. The van der Waals surface area contributed by atoms with Crippen LogP contribution in [0.4, 0.5) is 4.79 Å². The van der Waals surface area contributed by atoms with Crippen LogP contribution in [0.15, 0.2) is 36.7 Å². The van der Waals surface area contributed by atoms with Crippen LogP contribution in [0.25, 0.3) is 5.69 Å². The Balaban J connectivity index is 1.53. The van der Waals surface area contributed by atoms with Gasteiger partial charge in [0.1, 0.15) is 5.60 Å². The zero-order valence-electron chi connectivity index (χ0n) is 17.1. The number of hydrogen-bond donors (Lipinski definition) is 0. The molecule has 2 amide bonds. The lowest BCUT2D eigenvalue weighted by Crippen LogP contribution is -2.52. The number of piperidine rings is 1. The van der Waals surface area contributed by atoms with E-state index in [2.05, 4.69) is 10.2 Å². The maximum absolute atomic E-state index is 13.3. The summed E-state index contributed by atoms with van der Waals surface area (Å²) in [5.74, 6) is 0.349. The number of aromatic nitrogens is 3. The molecule has 8 heteroatoms. The van der Waals surface area contributed by atoms with Gasteiger partial charge < -0.3 is 14.5 Å². The maximum Gasteiger partial charge on any atom is 0.410 e. The second kappa shape index (κ2) is 7.50. The summed E-state index contributed by atoms with van der Waals surface area (Å²) in [7, 11) is 0. The van der Waals surface area contributed by atoms with Crippen LogP contribution < -0.4 is 0 Å². The van der Waals surface area contributed by atoms with Gasteiger partial charge in [0, 0.05) is 19.6 Å². The number of hydrogen-bond acceptors (Lipinski definition) is 5. The molecule has 2 saturated heterocycles. The van der Waals surface area contributed by atoms with Crippen molar-refractivity contribution >= 4 is 12.0 Å². The minimum atomic E-state index is -0.533. The number of benzene rings is 1. The highest BCUT2D eigenvalue weighted by Gasteiger charge is 2.43. The molecule has 29 heavy (non-hydrogen) atoms. The summed E-state index contributed by atoms with van der Waals surface area (Å²) in [6.45, 7) is 7.49. The fraction of sp³-hybridized carbons (Fsp3) is 0.524. The predicted molar refractivity (Wildman–Crippen MR) is 107 cm³/mol. The Morgan fingerprint density at radius 2 is 1.76 bits per heavy atom. The second-order valence-corrected chi connectivity index (χ2v) is 8.67. The molecule has 0 radical (unpaired) electrons. The van der Waals surface area contributed by atoms with Crippen LogP contribution in [0, 0.1) is 5.92 Å². The van der Waals surface area contributed by atoms with E-state index in [-0.39, 0.29) is 18.0 Å². The van der Waals surface area contributed by atoms with Crippen LogP contribution >= 0.6 is 0 Å². The molecule has 0 saturated carbocycles. The largest absolute Gasteiger partial charge is 0.444 e. The third-order valence-corrected chi connectivity index (χ3v) is 5.55. The molecule has 1 aromatic carbocycles. The molecular weight excluding hydrogens is 370 g/mol. The summed E-state index contributed by atoms with van der Waals surface area (Å²) in [5.41, 5.74) is 0.679. The molecule has 0 N–H and O–H groups in total. The Morgan fingerprint density at radius 1 is 1.07 bits per heavy atom. The van der Waals surface area contributed by atoms with Gasteiger partial charge in [-0.15, -0.1) is 0 Å². The van der Waals surface area contributed by atoms with Crippen molar-refractivity contribution in [3.8, 4) is 5.69 Å². The highest BCUT2D eigenvalue weighted by atomic mass is 16.6. The molecule has 2 aromatic rings. The van der Waals surface area contributed by atoms with Crippen LogP contribution in [0.2, 0.25) is 0 Å². The number of amides is 2. The molecule has 2 aliphatic heterocycles. The van der Waals surface area contributed by atoms with Crippen molar-refractivity contribution < 1.29 is 14.3 Å². The van der Waals surface area contributed by atoms with E-state index in [0.29, 0.717) is 36.8 Å². The van der Waals surface area contributed by atoms with Gasteiger partial charge in [0.05, 0.1) is 29.7 Å². The molecule has 4 rings (SSSR count). The zero-order chi connectivity index (χ0) is 20.6. The highest BCUT2D eigenvalue weighted by molar-refractivity contribution is 5.97. The molecular formula is C21H27N5O3. The van der Waals surface area contributed by atoms with Crippen molar-refractivity contribution in [2.45, 2.75) is 45.3 Å². The first-order valence-corrected chi connectivity index (χ1v) is 10.1. The van der Waals surface area contributed by atoms with Crippen molar-refractivity contribution in [2.75, 3.05) is 19.6 Å². The summed E-state index contributed by atoms with van der Waals surface area (Å²) in [6, 6.07) is 7.34. The normalized spacial score (nSPS) is 21.8. The summed E-state index contributed by atoms with van der Waals surface area (Å²) >= 11 is 0. The van der Waals surface area contributed by atoms with Gasteiger partial charge in [-0.05, 0) is 51.7 Å². The highest BCUT2D eigenvalue weighted by Crippen LogP contribution is 2.33. The SMILES string of the molecule is CC(C)(C)OC(=O)N1CCC2CCN(C(=O)c3ccccc3-n3nccn3)CC21. The van der Waals surface area contributed by atoms with Gasteiger partial charge in [0.15, 0.2) is 0 Å². The smallest absolute Gasteiger partial charge is 0.410 e. The van der Waals surface area contributed by atoms with Gasteiger partial charge in [0.25, 0.3) is 5.91 Å². The fourth-order valence-electron chi connectivity index (χ4n) is 4.21. The molecule has 0 spiro atoms. The van der Waals surface area contributed by atoms with E-state index in [1.807, 2.05) is 43.9 Å². The number of rotatable bonds is 2.